The van der Waals surface area contributed by atoms with Gasteiger partial charge in [-0.2, -0.15) is 0 Å². The molecule has 1 aromatic carbocycles. The highest BCUT2D eigenvalue weighted by Crippen LogP contribution is 2.14. The molecule has 0 unspecified atom stereocenters. The number of aromatic nitrogens is 2. The summed E-state index contributed by atoms with van der Waals surface area (Å²) in [5, 5.41) is 3.40. The monoisotopic (exact) mass is 217 g/mol. The molecule has 3 nitrogen and oxygen atoms in total. The van der Waals surface area contributed by atoms with E-state index in [9.17, 15) is 0 Å². The van der Waals surface area contributed by atoms with E-state index in [1.807, 2.05) is 6.07 Å². The summed E-state index contributed by atoms with van der Waals surface area (Å²) in [6.45, 7) is 4.27. The van der Waals surface area contributed by atoms with E-state index < -0.39 is 0 Å². The van der Waals surface area contributed by atoms with Gasteiger partial charge in [0.15, 0.2) is 0 Å². The van der Waals surface area contributed by atoms with Crippen LogP contribution in [0.4, 0.5) is 0 Å². The van der Waals surface area contributed by atoms with Crippen LogP contribution in [0.5, 0.6) is 0 Å². The molecule has 1 aromatic heterocycles. The second-order valence-corrected chi connectivity index (χ2v) is 4.08. The van der Waals surface area contributed by atoms with Crippen molar-refractivity contribution in [1.29, 1.82) is 0 Å². The molecule has 1 N–H and O–H groups in total. The SMILES string of the molecule is CCCNCCc1nc2ccccc2n1C. The Labute approximate surface area is 96.5 Å². The summed E-state index contributed by atoms with van der Waals surface area (Å²) in [5.74, 6) is 1.16. The van der Waals surface area contributed by atoms with Gasteiger partial charge in [-0.05, 0) is 25.1 Å². The van der Waals surface area contributed by atoms with E-state index in [2.05, 4.69) is 47.0 Å². The fraction of sp³-hybridized carbons (Fsp3) is 0.462. The Morgan fingerprint density at radius 1 is 1.25 bits per heavy atom. The molecule has 0 fully saturated rings. The molecule has 0 saturated heterocycles. The molecule has 2 rings (SSSR count). The molecular weight excluding hydrogens is 198 g/mol. The smallest absolute Gasteiger partial charge is 0.110 e. The molecule has 16 heavy (non-hydrogen) atoms. The third-order valence-corrected chi connectivity index (χ3v) is 2.83. The zero-order valence-corrected chi connectivity index (χ0v) is 10.0. The minimum absolute atomic E-state index is 0.991. The van der Waals surface area contributed by atoms with Crippen LogP contribution >= 0.6 is 0 Å². The van der Waals surface area contributed by atoms with E-state index in [0.717, 1.165) is 30.9 Å². The van der Waals surface area contributed by atoms with E-state index in [0.29, 0.717) is 0 Å². The van der Waals surface area contributed by atoms with Crippen LogP contribution < -0.4 is 5.32 Å². The number of para-hydroxylation sites is 2. The van der Waals surface area contributed by atoms with Crippen molar-refractivity contribution in [3.63, 3.8) is 0 Å². The highest BCUT2D eigenvalue weighted by molar-refractivity contribution is 5.75. The molecule has 3 heteroatoms. The van der Waals surface area contributed by atoms with Crippen molar-refractivity contribution in [3.05, 3.63) is 30.1 Å². The number of rotatable bonds is 5. The third-order valence-electron chi connectivity index (χ3n) is 2.83. The molecule has 0 aliphatic heterocycles. The van der Waals surface area contributed by atoms with Gasteiger partial charge in [0.1, 0.15) is 5.82 Å². The summed E-state index contributed by atoms with van der Waals surface area (Å²) >= 11 is 0. The minimum atomic E-state index is 0.991. The van der Waals surface area contributed by atoms with Crippen molar-refractivity contribution >= 4 is 11.0 Å². The second kappa shape index (κ2) is 5.12. The molecule has 0 atom stereocenters. The summed E-state index contributed by atoms with van der Waals surface area (Å²) in [5.41, 5.74) is 2.31. The van der Waals surface area contributed by atoms with E-state index in [-0.39, 0.29) is 0 Å². The molecule has 0 aliphatic carbocycles. The van der Waals surface area contributed by atoms with Gasteiger partial charge in [0, 0.05) is 20.0 Å². The lowest BCUT2D eigenvalue weighted by atomic mass is 10.3. The van der Waals surface area contributed by atoms with Crippen LogP contribution in [0.25, 0.3) is 11.0 Å². The highest BCUT2D eigenvalue weighted by Gasteiger charge is 2.05. The van der Waals surface area contributed by atoms with Gasteiger partial charge in [-0.15, -0.1) is 0 Å². The van der Waals surface area contributed by atoms with Gasteiger partial charge < -0.3 is 9.88 Å². The lowest BCUT2D eigenvalue weighted by Gasteiger charge is -2.03. The Kier molecular flexibility index (Phi) is 3.57. The number of aryl methyl sites for hydroxylation is 1. The van der Waals surface area contributed by atoms with Crippen LogP contribution in [-0.4, -0.2) is 22.6 Å². The maximum Gasteiger partial charge on any atom is 0.110 e. The first-order valence-corrected chi connectivity index (χ1v) is 5.94. The lowest BCUT2D eigenvalue weighted by molar-refractivity contribution is 0.648. The number of benzene rings is 1. The van der Waals surface area contributed by atoms with Crippen molar-refractivity contribution in [1.82, 2.24) is 14.9 Å². The second-order valence-electron chi connectivity index (χ2n) is 4.08. The standard InChI is InChI=1S/C13H19N3/c1-3-9-14-10-8-13-15-11-6-4-5-7-12(11)16(13)2/h4-7,14H,3,8-10H2,1-2H3. The van der Waals surface area contributed by atoms with Gasteiger partial charge in [0.25, 0.3) is 0 Å². The van der Waals surface area contributed by atoms with Gasteiger partial charge in [-0.3, -0.25) is 0 Å². The summed E-state index contributed by atoms with van der Waals surface area (Å²) in [4.78, 5) is 4.63. The fourth-order valence-corrected chi connectivity index (χ4v) is 1.92. The molecule has 0 spiro atoms. The Hall–Kier alpha value is -1.35. The summed E-state index contributed by atoms with van der Waals surface area (Å²) in [6, 6.07) is 8.28. The average molecular weight is 217 g/mol. The maximum atomic E-state index is 4.63. The molecular formula is C13H19N3. The third kappa shape index (κ3) is 2.25. The first-order chi connectivity index (χ1) is 7.83. The molecule has 0 saturated carbocycles. The molecule has 0 aliphatic rings. The van der Waals surface area contributed by atoms with Gasteiger partial charge in [0.2, 0.25) is 0 Å². The van der Waals surface area contributed by atoms with Gasteiger partial charge in [-0.25, -0.2) is 4.98 Å². The van der Waals surface area contributed by atoms with Crippen LogP contribution in [0.15, 0.2) is 24.3 Å². The Morgan fingerprint density at radius 2 is 2.06 bits per heavy atom. The van der Waals surface area contributed by atoms with Gasteiger partial charge >= 0.3 is 0 Å². The normalized spacial score (nSPS) is 11.1. The number of hydrogen-bond acceptors (Lipinski definition) is 2. The Bertz CT molecular complexity index is 459. The predicted molar refractivity (Wildman–Crippen MR) is 67.6 cm³/mol. The highest BCUT2D eigenvalue weighted by atomic mass is 15.1. The fourth-order valence-electron chi connectivity index (χ4n) is 1.92. The average Bonchev–Trinajstić information content (AvgIpc) is 2.63. The first-order valence-electron chi connectivity index (χ1n) is 5.94. The quantitative estimate of drug-likeness (QED) is 0.777. The minimum Gasteiger partial charge on any atom is -0.331 e. The van der Waals surface area contributed by atoms with E-state index in [4.69, 9.17) is 0 Å². The molecule has 0 amide bonds. The van der Waals surface area contributed by atoms with E-state index in [1.54, 1.807) is 0 Å². The molecule has 0 radical (unpaired) electrons. The van der Waals surface area contributed by atoms with Crippen LogP contribution in [0.1, 0.15) is 19.2 Å². The summed E-state index contributed by atoms with van der Waals surface area (Å²) in [7, 11) is 2.09. The van der Waals surface area contributed by atoms with Crippen LogP contribution in [0.3, 0.4) is 0 Å². The molecule has 2 aromatic rings. The van der Waals surface area contributed by atoms with Crippen LogP contribution in [0, 0.1) is 0 Å². The lowest BCUT2D eigenvalue weighted by Crippen LogP contribution is -2.19. The number of fused-ring (bicyclic) bond motifs is 1. The largest absolute Gasteiger partial charge is 0.331 e. The Morgan fingerprint density at radius 3 is 2.81 bits per heavy atom. The van der Waals surface area contributed by atoms with Crippen molar-refractivity contribution in [2.24, 2.45) is 7.05 Å². The van der Waals surface area contributed by atoms with Crippen LogP contribution in [-0.2, 0) is 13.5 Å². The number of imidazole rings is 1. The number of hydrogen-bond donors (Lipinski definition) is 1. The zero-order valence-electron chi connectivity index (χ0n) is 10.0. The summed E-state index contributed by atoms with van der Waals surface area (Å²) in [6.07, 6.45) is 2.17. The number of nitrogens with zero attached hydrogens (tertiary/aromatic N) is 2. The van der Waals surface area contributed by atoms with Crippen molar-refractivity contribution < 1.29 is 0 Å². The van der Waals surface area contributed by atoms with Crippen LogP contribution in [0.2, 0.25) is 0 Å². The Balaban J connectivity index is 2.09. The van der Waals surface area contributed by atoms with Crippen molar-refractivity contribution in [3.8, 4) is 0 Å². The van der Waals surface area contributed by atoms with Crippen molar-refractivity contribution in [2.45, 2.75) is 19.8 Å². The summed E-state index contributed by atoms with van der Waals surface area (Å²) < 4.78 is 2.18. The molecule has 86 valence electrons. The van der Waals surface area contributed by atoms with Crippen molar-refractivity contribution in [2.75, 3.05) is 13.1 Å². The number of nitrogens with one attached hydrogen (secondary N) is 1. The maximum absolute atomic E-state index is 4.63. The van der Waals surface area contributed by atoms with E-state index in [1.165, 1.54) is 11.9 Å². The zero-order chi connectivity index (χ0) is 11.4. The van der Waals surface area contributed by atoms with Gasteiger partial charge in [0.05, 0.1) is 11.0 Å². The predicted octanol–water partition coefficient (Wildman–Crippen LogP) is 2.12. The van der Waals surface area contributed by atoms with E-state index >= 15 is 0 Å². The first kappa shape index (κ1) is 11.1. The molecule has 1 heterocycles. The molecule has 0 bridgehead atoms. The topological polar surface area (TPSA) is 29.9 Å². The van der Waals surface area contributed by atoms with Gasteiger partial charge in [-0.1, -0.05) is 19.1 Å².